The molecular weight excluding hydrogens is 462 g/mol. The molecule has 3 heterocycles. The largest absolute Gasteiger partial charge is 0.444 e. The molecule has 1 fully saturated rings. The van der Waals surface area contributed by atoms with Crippen LogP contribution in [-0.4, -0.2) is 66.2 Å². The topological polar surface area (TPSA) is 88.6 Å². The summed E-state index contributed by atoms with van der Waals surface area (Å²) in [4.78, 5) is 13.9. The molecule has 0 radical (unpaired) electrons. The van der Waals surface area contributed by atoms with E-state index in [9.17, 15) is 4.79 Å². The number of thiophene rings is 1. The lowest BCUT2D eigenvalue weighted by molar-refractivity contribution is 0.0105. The minimum atomic E-state index is -0.501. The Labute approximate surface area is 202 Å². The first-order valence-electron chi connectivity index (χ1n) is 10.8. The zero-order valence-corrected chi connectivity index (χ0v) is 20.7. The van der Waals surface area contributed by atoms with E-state index >= 15 is 0 Å². The average molecular weight is 490 g/mol. The van der Waals surface area contributed by atoms with E-state index in [1.54, 1.807) is 23.3 Å². The number of carbonyl (C=O) groups is 1. The van der Waals surface area contributed by atoms with Crippen molar-refractivity contribution in [2.45, 2.75) is 32.4 Å². The maximum absolute atomic E-state index is 12.2. The van der Waals surface area contributed by atoms with Gasteiger partial charge in [0.25, 0.3) is 0 Å². The molecule has 0 spiro atoms. The van der Waals surface area contributed by atoms with E-state index in [4.69, 9.17) is 21.1 Å². The molecule has 1 saturated heterocycles. The molecule has 0 atom stereocenters. The molecule has 0 aliphatic carbocycles. The van der Waals surface area contributed by atoms with Crippen LogP contribution in [0, 0.1) is 0 Å². The zero-order chi connectivity index (χ0) is 23.6. The normalized spacial score (nSPS) is 14.3. The molecule has 10 heteroatoms. The van der Waals surface area contributed by atoms with Crippen LogP contribution < -0.4 is 10.6 Å². The SMILES string of the molecule is COCCNc1cc(Cl)ccc1-c1nnc(NC2CN(C(=O)OC(C)(C)C)C2)c2sccc12. The fraction of sp³-hybridized carbons (Fsp3) is 0.435. The van der Waals surface area contributed by atoms with Gasteiger partial charge in [-0.05, 0) is 50.4 Å². The van der Waals surface area contributed by atoms with Gasteiger partial charge in [0.15, 0.2) is 5.82 Å². The summed E-state index contributed by atoms with van der Waals surface area (Å²) in [7, 11) is 1.67. The van der Waals surface area contributed by atoms with Crippen molar-refractivity contribution in [2.24, 2.45) is 0 Å². The van der Waals surface area contributed by atoms with E-state index in [-0.39, 0.29) is 12.1 Å². The molecule has 1 aromatic carbocycles. The lowest BCUT2D eigenvalue weighted by atomic mass is 10.1. The summed E-state index contributed by atoms with van der Waals surface area (Å²) in [6.07, 6.45) is -0.292. The third kappa shape index (κ3) is 5.48. The molecule has 1 aliphatic rings. The van der Waals surface area contributed by atoms with Crippen molar-refractivity contribution in [2.75, 3.05) is 44.0 Å². The van der Waals surface area contributed by atoms with Crippen LogP contribution in [0.2, 0.25) is 5.02 Å². The molecule has 1 aliphatic heterocycles. The predicted molar refractivity (Wildman–Crippen MR) is 133 cm³/mol. The third-order valence-corrected chi connectivity index (χ3v) is 6.27. The van der Waals surface area contributed by atoms with Crippen LogP contribution in [0.5, 0.6) is 0 Å². The van der Waals surface area contributed by atoms with Crippen molar-refractivity contribution < 1.29 is 14.3 Å². The van der Waals surface area contributed by atoms with E-state index in [1.165, 1.54) is 0 Å². The summed E-state index contributed by atoms with van der Waals surface area (Å²) in [6.45, 7) is 7.96. The Balaban J connectivity index is 1.52. The van der Waals surface area contributed by atoms with Crippen LogP contribution >= 0.6 is 22.9 Å². The fourth-order valence-corrected chi connectivity index (χ4v) is 4.58. The van der Waals surface area contributed by atoms with Crippen molar-refractivity contribution in [1.29, 1.82) is 0 Å². The Bertz CT molecular complexity index is 1140. The van der Waals surface area contributed by atoms with Gasteiger partial charge in [0.05, 0.1) is 17.3 Å². The van der Waals surface area contributed by atoms with Crippen molar-refractivity contribution in [1.82, 2.24) is 15.1 Å². The van der Waals surface area contributed by atoms with E-state index in [2.05, 4.69) is 26.9 Å². The molecule has 33 heavy (non-hydrogen) atoms. The van der Waals surface area contributed by atoms with Crippen molar-refractivity contribution in [3.05, 3.63) is 34.7 Å². The summed E-state index contributed by atoms with van der Waals surface area (Å²) in [5.74, 6) is 0.723. The molecule has 2 N–H and O–H groups in total. The maximum Gasteiger partial charge on any atom is 0.410 e. The van der Waals surface area contributed by atoms with Crippen LogP contribution in [0.1, 0.15) is 20.8 Å². The quantitative estimate of drug-likeness (QED) is 0.446. The number of nitrogens with zero attached hydrogens (tertiary/aromatic N) is 3. The van der Waals surface area contributed by atoms with Crippen molar-refractivity contribution >= 4 is 50.6 Å². The number of anilines is 2. The Hall–Kier alpha value is -2.62. The van der Waals surface area contributed by atoms with Gasteiger partial charge in [0.1, 0.15) is 11.3 Å². The van der Waals surface area contributed by atoms with Crippen LogP contribution in [-0.2, 0) is 9.47 Å². The van der Waals surface area contributed by atoms with Crippen molar-refractivity contribution in [3.63, 3.8) is 0 Å². The Morgan fingerprint density at radius 1 is 1.27 bits per heavy atom. The molecule has 0 unspecified atom stereocenters. The highest BCUT2D eigenvalue weighted by Gasteiger charge is 2.34. The lowest BCUT2D eigenvalue weighted by Gasteiger charge is -2.40. The maximum atomic E-state index is 12.2. The third-order valence-electron chi connectivity index (χ3n) is 5.12. The summed E-state index contributed by atoms with van der Waals surface area (Å²) in [5, 5.41) is 19.5. The van der Waals surface area contributed by atoms with E-state index < -0.39 is 5.60 Å². The van der Waals surface area contributed by atoms with E-state index in [1.807, 2.05) is 44.4 Å². The number of methoxy groups -OCH3 is 1. The minimum Gasteiger partial charge on any atom is -0.444 e. The second-order valence-corrected chi connectivity index (χ2v) is 10.2. The highest BCUT2D eigenvalue weighted by Crippen LogP contribution is 2.38. The average Bonchev–Trinajstić information content (AvgIpc) is 3.20. The van der Waals surface area contributed by atoms with Gasteiger partial charge in [-0.3, -0.25) is 0 Å². The molecular formula is C23H28ClN5O3S. The number of carbonyl (C=O) groups excluding carboxylic acids is 1. The number of ether oxygens (including phenoxy) is 2. The van der Waals surface area contributed by atoms with Gasteiger partial charge < -0.3 is 25.0 Å². The Kier molecular flexibility index (Phi) is 6.92. The zero-order valence-electron chi connectivity index (χ0n) is 19.1. The van der Waals surface area contributed by atoms with Crippen LogP contribution in [0.4, 0.5) is 16.3 Å². The number of benzene rings is 1. The molecule has 1 amide bonds. The molecule has 0 saturated carbocycles. The second-order valence-electron chi connectivity index (χ2n) is 8.90. The Morgan fingerprint density at radius 3 is 2.79 bits per heavy atom. The molecule has 8 nitrogen and oxygen atoms in total. The number of fused-ring (bicyclic) bond motifs is 1. The van der Waals surface area contributed by atoms with Crippen molar-refractivity contribution in [3.8, 4) is 11.3 Å². The number of nitrogens with one attached hydrogen (secondary N) is 2. The molecule has 3 aromatic rings. The van der Waals surface area contributed by atoms with Gasteiger partial charge in [-0.1, -0.05) is 11.6 Å². The second kappa shape index (κ2) is 9.70. The number of likely N-dealkylation sites (tertiary alicyclic amines) is 1. The predicted octanol–water partition coefficient (Wildman–Crippen LogP) is 5.10. The fourth-order valence-electron chi connectivity index (χ4n) is 3.57. The van der Waals surface area contributed by atoms with Gasteiger partial charge in [-0.15, -0.1) is 21.5 Å². The van der Waals surface area contributed by atoms with Gasteiger partial charge >= 0.3 is 6.09 Å². The minimum absolute atomic E-state index is 0.102. The van der Waals surface area contributed by atoms with Gasteiger partial charge in [-0.2, -0.15) is 0 Å². The first-order chi connectivity index (χ1) is 15.7. The smallest absolute Gasteiger partial charge is 0.410 e. The van der Waals surface area contributed by atoms with Gasteiger partial charge in [-0.25, -0.2) is 4.79 Å². The molecule has 2 aromatic heterocycles. The molecule has 4 rings (SSSR count). The number of aromatic nitrogens is 2. The summed E-state index contributed by atoms with van der Waals surface area (Å²) in [6, 6.07) is 7.85. The van der Waals surface area contributed by atoms with E-state index in [0.717, 1.165) is 32.8 Å². The monoisotopic (exact) mass is 489 g/mol. The summed E-state index contributed by atoms with van der Waals surface area (Å²) < 4.78 is 11.6. The highest BCUT2D eigenvalue weighted by molar-refractivity contribution is 7.17. The first kappa shape index (κ1) is 23.5. The summed E-state index contributed by atoms with van der Waals surface area (Å²) >= 11 is 7.84. The molecule has 176 valence electrons. The highest BCUT2D eigenvalue weighted by atomic mass is 35.5. The number of hydrogen-bond acceptors (Lipinski definition) is 8. The molecule has 0 bridgehead atoms. The van der Waals surface area contributed by atoms with Crippen LogP contribution in [0.25, 0.3) is 21.3 Å². The number of rotatable bonds is 7. The van der Waals surface area contributed by atoms with E-state index in [0.29, 0.717) is 31.3 Å². The van der Waals surface area contributed by atoms with Crippen LogP contribution in [0.15, 0.2) is 29.6 Å². The van der Waals surface area contributed by atoms with Gasteiger partial charge in [0.2, 0.25) is 0 Å². The lowest BCUT2D eigenvalue weighted by Crippen LogP contribution is -2.58. The first-order valence-corrected chi connectivity index (χ1v) is 12.0. The van der Waals surface area contributed by atoms with Gasteiger partial charge in [0, 0.05) is 48.4 Å². The standard InChI is InChI=1S/C23H28ClN5O3S/c1-23(2,3)32-22(30)29-12-15(13-29)26-21-20-17(7-10-33-20)19(27-28-21)16-6-5-14(24)11-18(16)25-8-9-31-4/h5-7,10-11,15,25H,8-9,12-13H2,1-4H3,(H,26,28). The summed E-state index contributed by atoms with van der Waals surface area (Å²) in [5.41, 5.74) is 2.10. The number of hydrogen-bond donors (Lipinski definition) is 2. The number of halogens is 1. The van der Waals surface area contributed by atoms with Crippen LogP contribution in [0.3, 0.4) is 0 Å². The number of amides is 1. The Morgan fingerprint density at radius 2 is 2.06 bits per heavy atom.